The summed E-state index contributed by atoms with van der Waals surface area (Å²) in [4.78, 5) is 6.43. The summed E-state index contributed by atoms with van der Waals surface area (Å²) in [6.45, 7) is 1.70. The molecule has 0 saturated carbocycles. The van der Waals surface area contributed by atoms with E-state index < -0.39 is 0 Å². The fourth-order valence-corrected chi connectivity index (χ4v) is 2.08. The van der Waals surface area contributed by atoms with Crippen molar-refractivity contribution in [3.8, 4) is 0 Å². The van der Waals surface area contributed by atoms with Crippen molar-refractivity contribution in [1.82, 2.24) is 10.1 Å². The van der Waals surface area contributed by atoms with Gasteiger partial charge in [-0.2, -0.15) is 0 Å². The summed E-state index contributed by atoms with van der Waals surface area (Å²) in [6, 6.07) is 2.01. The molecule has 1 saturated heterocycles. The van der Waals surface area contributed by atoms with Gasteiger partial charge in [0.05, 0.1) is 5.39 Å². The van der Waals surface area contributed by atoms with Crippen molar-refractivity contribution < 1.29 is 4.52 Å². The van der Waals surface area contributed by atoms with E-state index in [2.05, 4.69) is 15.0 Å². The highest BCUT2D eigenvalue weighted by molar-refractivity contribution is 5.93. The molecule has 108 valence electrons. The summed E-state index contributed by atoms with van der Waals surface area (Å²) in [6.07, 6.45) is 2.69. The topological polar surface area (TPSA) is 94.2 Å². The Morgan fingerprint density at radius 1 is 1.32 bits per heavy atom. The van der Waals surface area contributed by atoms with Crippen LogP contribution < -0.4 is 16.4 Å². The Hall–Kier alpha value is -0.950. The van der Waals surface area contributed by atoms with Crippen molar-refractivity contribution in [3.05, 3.63) is 12.3 Å². The van der Waals surface area contributed by atoms with Crippen molar-refractivity contribution in [2.24, 2.45) is 5.73 Å². The SMILES string of the molecule is Cl.Cl.Cl.Nc1noc2c(N3CCC(N)C3)nccc12. The van der Waals surface area contributed by atoms with Crippen LogP contribution >= 0.6 is 37.2 Å². The molecular weight excluding hydrogens is 313 g/mol. The van der Waals surface area contributed by atoms with Gasteiger partial charge in [-0.05, 0) is 12.5 Å². The van der Waals surface area contributed by atoms with Gasteiger partial charge in [0.25, 0.3) is 0 Å². The van der Waals surface area contributed by atoms with Gasteiger partial charge in [0.15, 0.2) is 11.6 Å². The summed E-state index contributed by atoms with van der Waals surface area (Å²) in [7, 11) is 0. The van der Waals surface area contributed by atoms with E-state index in [1.165, 1.54) is 0 Å². The molecule has 9 heteroatoms. The molecule has 19 heavy (non-hydrogen) atoms. The second kappa shape index (κ2) is 7.00. The molecule has 0 aromatic carbocycles. The highest BCUT2D eigenvalue weighted by Gasteiger charge is 2.23. The normalized spacial score (nSPS) is 17.5. The lowest BCUT2D eigenvalue weighted by Crippen LogP contribution is -2.26. The molecule has 1 aliphatic rings. The van der Waals surface area contributed by atoms with E-state index in [1.54, 1.807) is 12.3 Å². The van der Waals surface area contributed by atoms with Crippen LogP contribution in [0.1, 0.15) is 6.42 Å². The maximum atomic E-state index is 5.87. The first-order chi connectivity index (χ1) is 7.75. The zero-order valence-electron chi connectivity index (χ0n) is 9.98. The van der Waals surface area contributed by atoms with Crippen LogP contribution in [-0.4, -0.2) is 29.3 Å². The maximum absolute atomic E-state index is 5.87. The zero-order chi connectivity index (χ0) is 11.1. The Labute approximate surface area is 129 Å². The molecule has 0 radical (unpaired) electrons. The van der Waals surface area contributed by atoms with Gasteiger partial charge in [-0.15, -0.1) is 37.2 Å². The van der Waals surface area contributed by atoms with Gasteiger partial charge < -0.3 is 20.9 Å². The fraction of sp³-hybridized carbons (Fsp3) is 0.400. The number of hydrogen-bond donors (Lipinski definition) is 2. The molecule has 1 unspecified atom stereocenters. The lowest BCUT2D eigenvalue weighted by atomic mass is 10.3. The Morgan fingerprint density at radius 3 is 2.68 bits per heavy atom. The molecule has 0 amide bonds. The van der Waals surface area contributed by atoms with Crippen LogP contribution in [0.5, 0.6) is 0 Å². The van der Waals surface area contributed by atoms with Crippen molar-refractivity contribution in [1.29, 1.82) is 0 Å². The highest BCUT2D eigenvalue weighted by Crippen LogP contribution is 2.29. The van der Waals surface area contributed by atoms with Gasteiger partial charge in [0, 0.05) is 25.3 Å². The van der Waals surface area contributed by atoms with Gasteiger partial charge >= 0.3 is 0 Å². The molecule has 3 heterocycles. The predicted molar refractivity (Wildman–Crippen MR) is 82.8 cm³/mol. The minimum absolute atomic E-state index is 0. The fourth-order valence-electron chi connectivity index (χ4n) is 2.08. The monoisotopic (exact) mass is 327 g/mol. The number of halogens is 3. The molecule has 4 N–H and O–H groups in total. The van der Waals surface area contributed by atoms with Gasteiger partial charge in [0.1, 0.15) is 0 Å². The number of nitrogen functional groups attached to an aromatic ring is 1. The summed E-state index contributed by atoms with van der Waals surface area (Å²) in [5, 5.41) is 4.56. The van der Waals surface area contributed by atoms with E-state index in [0.29, 0.717) is 11.4 Å². The third-order valence-electron chi connectivity index (χ3n) is 2.92. The standard InChI is InChI=1S/C10H13N5O.3ClH/c11-6-2-4-15(5-6)10-8-7(1-3-13-10)9(12)14-16-8;;;/h1,3,6H,2,4-5,11H2,(H2,12,14);3*1H. The van der Waals surface area contributed by atoms with E-state index in [1.807, 2.05) is 0 Å². The van der Waals surface area contributed by atoms with Crippen molar-refractivity contribution in [2.45, 2.75) is 12.5 Å². The summed E-state index contributed by atoms with van der Waals surface area (Å²) in [5.41, 5.74) is 12.2. The van der Waals surface area contributed by atoms with E-state index in [0.717, 1.165) is 30.7 Å². The van der Waals surface area contributed by atoms with Crippen molar-refractivity contribution in [2.75, 3.05) is 23.7 Å². The van der Waals surface area contributed by atoms with Crippen LogP contribution in [0.3, 0.4) is 0 Å². The van der Waals surface area contributed by atoms with Crippen molar-refractivity contribution in [3.63, 3.8) is 0 Å². The van der Waals surface area contributed by atoms with Crippen LogP contribution in [0.2, 0.25) is 0 Å². The summed E-state index contributed by atoms with van der Waals surface area (Å²) in [5.74, 6) is 1.19. The number of hydrogen-bond acceptors (Lipinski definition) is 6. The summed E-state index contributed by atoms with van der Waals surface area (Å²) < 4.78 is 5.21. The zero-order valence-corrected chi connectivity index (χ0v) is 12.4. The van der Waals surface area contributed by atoms with E-state index in [-0.39, 0.29) is 43.3 Å². The Balaban J connectivity index is 0.00000108. The lowest BCUT2D eigenvalue weighted by molar-refractivity contribution is 0.459. The first-order valence-corrected chi connectivity index (χ1v) is 5.26. The first kappa shape index (κ1) is 18.0. The minimum Gasteiger partial charge on any atom is -0.380 e. The number of anilines is 2. The highest BCUT2D eigenvalue weighted by atomic mass is 35.5. The molecule has 6 nitrogen and oxygen atoms in total. The third-order valence-corrected chi connectivity index (χ3v) is 2.92. The average Bonchev–Trinajstić information content (AvgIpc) is 2.86. The van der Waals surface area contributed by atoms with E-state index in [4.69, 9.17) is 16.0 Å². The predicted octanol–water partition coefficient (Wildman–Crippen LogP) is 1.61. The van der Waals surface area contributed by atoms with Crippen molar-refractivity contribution >= 4 is 59.8 Å². The van der Waals surface area contributed by atoms with Gasteiger partial charge in [-0.25, -0.2) is 4.98 Å². The van der Waals surface area contributed by atoms with Crippen LogP contribution in [0, 0.1) is 0 Å². The second-order valence-corrected chi connectivity index (χ2v) is 4.07. The number of nitrogens with two attached hydrogens (primary N) is 2. The molecule has 2 aromatic heterocycles. The molecule has 0 aliphatic carbocycles. The number of rotatable bonds is 1. The molecule has 2 aromatic rings. The molecule has 1 atom stereocenters. The molecular formula is C10H16Cl3N5O. The van der Waals surface area contributed by atoms with Gasteiger partial charge in [-0.3, -0.25) is 0 Å². The molecule has 1 fully saturated rings. The van der Waals surface area contributed by atoms with Gasteiger partial charge in [-0.1, -0.05) is 5.16 Å². The first-order valence-electron chi connectivity index (χ1n) is 5.26. The quantitative estimate of drug-likeness (QED) is 0.826. The second-order valence-electron chi connectivity index (χ2n) is 4.07. The average molecular weight is 329 g/mol. The minimum atomic E-state index is 0. The lowest BCUT2D eigenvalue weighted by Gasteiger charge is -2.15. The van der Waals surface area contributed by atoms with Crippen LogP contribution in [0.4, 0.5) is 11.6 Å². The maximum Gasteiger partial charge on any atom is 0.211 e. The molecule has 0 bridgehead atoms. The van der Waals surface area contributed by atoms with Crippen LogP contribution in [-0.2, 0) is 0 Å². The van der Waals surface area contributed by atoms with E-state index >= 15 is 0 Å². The largest absolute Gasteiger partial charge is 0.380 e. The van der Waals surface area contributed by atoms with Gasteiger partial charge in [0.2, 0.25) is 5.58 Å². The Morgan fingerprint density at radius 2 is 2.05 bits per heavy atom. The molecule has 0 spiro atoms. The molecule has 3 rings (SSSR count). The Bertz CT molecular complexity index is 535. The number of fused-ring (bicyclic) bond motifs is 1. The smallest absolute Gasteiger partial charge is 0.211 e. The van der Waals surface area contributed by atoms with Crippen LogP contribution in [0.25, 0.3) is 11.0 Å². The van der Waals surface area contributed by atoms with Crippen LogP contribution in [0.15, 0.2) is 16.8 Å². The summed E-state index contributed by atoms with van der Waals surface area (Å²) >= 11 is 0. The number of pyridine rings is 1. The molecule has 1 aliphatic heterocycles. The number of nitrogens with zero attached hydrogens (tertiary/aromatic N) is 3. The third kappa shape index (κ3) is 3.14. The van der Waals surface area contributed by atoms with E-state index in [9.17, 15) is 0 Å². The number of aromatic nitrogens is 2. The Kier molecular flexibility index (Phi) is 6.65.